The van der Waals surface area contributed by atoms with Gasteiger partial charge in [-0.1, -0.05) is 20.4 Å². The molecule has 0 amide bonds. The highest BCUT2D eigenvalue weighted by atomic mass is 16.3. The molecule has 5 N–H and O–H groups in total. The monoisotopic (exact) mass is 317 g/mol. The van der Waals surface area contributed by atoms with Crippen LogP contribution in [0.15, 0.2) is 12.8 Å². The molecule has 126 valence electrons. The van der Waals surface area contributed by atoms with Crippen molar-refractivity contribution in [3.05, 3.63) is 24.2 Å². The van der Waals surface area contributed by atoms with Crippen molar-refractivity contribution in [1.82, 2.24) is 14.5 Å². The fraction of sp³-hybridized carbons (Fsp3) is 0.529. The zero-order valence-electron chi connectivity index (χ0n) is 14.2. The molecule has 1 fully saturated rings. The van der Waals surface area contributed by atoms with Crippen LogP contribution in [0, 0.1) is 6.92 Å². The Balaban J connectivity index is 0.000000924. The van der Waals surface area contributed by atoms with Gasteiger partial charge in [0.2, 0.25) is 0 Å². The van der Waals surface area contributed by atoms with Crippen molar-refractivity contribution in [2.24, 2.45) is 5.73 Å². The molecule has 3 rings (SSSR count). The molecule has 1 aliphatic rings. The average Bonchev–Trinajstić information content (AvgIpc) is 2.80. The van der Waals surface area contributed by atoms with Crippen LogP contribution in [0.25, 0.3) is 16.7 Å². The molecule has 0 radical (unpaired) electrons. The number of nitrogens with zero attached hydrogens (tertiary/aromatic N) is 3. The van der Waals surface area contributed by atoms with Gasteiger partial charge in [-0.2, -0.15) is 0 Å². The third-order valence-electron chi connectivity index (χ3n) is 4.21. The highest BCUT2D eigenvalue weighted by molar-refractivity contribution is 5.95. The lowest BCUT2D eigenvalue weighted by molar-refractivity contribution is 0.105. The maximum atomic E-state index is 9.95. The largest absolute Gasteiger partial charge is 0.399 e. The van der Waals surface area contributed by atoms with E-state index in [1.165, 1.54) is 0 Å². The summed E-state index contributed by atoms with van der Waals surface area (Å²) in [6.07, 6.45) is 4.96. The molecule has 2 atom stereocenters. The number of rotatable bonds is 2. The fourth-order valence-corrected chi connectivity index (χ4v) is 3.27. The number of aryl methyl sites for hydroxylation is 1. The summed E-state index contributed by atoms with van der Waals surface area (Å²) in [5, 5.41) is 10.8. The standard InChI is InChI=1S/C15H21N5O.C2H6/c1-8(16)13-12-7-18-9(2)19-15(12)20(14(13)17)10-4-3-5-11(21)6-10;1-2/h7,10-11,21H,1,3-6,16-17H2,2H3;1-2H3. The Morgan fingerprint density at radius 1 is 1.39 bits per heavy atom. The van der Waals surface area contributed by atoms with Crippen molar-refractivity contribution in [2.75, 3.05) is 5.73 Å². The molecule has 6 heteroatoms. The Morgan fingerprint density at radius 2 is 2.09 bits per heavy atom. The quantitative estimate of drug-likeness (QED) is 0.790. The first-order chi connectivity index (χ1) is 11.0. The fourth-order valence-electron chi connectivity index (χ4n) is 3.27. The Morgan fingerprint density at radius 3 is 2.70 bits per heavy atom. The van der Waals surface area contributed by atoms with Gasteiger partial charge >= 0.3 is 0 Å². The number of aliphatic hydroxyl groups is 1. The van der Waals surface area contributed by atoms with Crippen molar-refractivity contribution >= 4 is 22.5 Å². The van der Waals surface area contributed by atoms with Gasteiger partial charge in [0.25, 0.3) is 0 Å². The third kappa shape index (κ3) is 3.17. The summed E-state index contributed by atoms with van der Waals surface area (Å²) in [7, 11) is 0. The molecule has 1 aliphatic carbocycles. The number of hydrogen-bond donors (Lipinski definition) is 3. The number of aromatic nitrogens is 3. The van der Waals surface area contributed by atoms with Crippen molar-refractivity contribution in [3.8, 4) is 0 Å². The lowest BCUT2D eigenvalue weighted by atomic mass is 9.93. The first-order valence-electron chi connectivity index (χ1n) is 8.25. The normalized spacial score (nSPS) is 20.9. The van der Waals surface area contributed by atoms with E-state index in [9.17, 15) is 5.11 Å². The van der Waals surface area contributed by atoms with Gasteiger partial charge in [-0.25, -0.2) is 9.97 Å². The maximum Gasteiger partial charge on any atom is 0.146 e. The highest BCUT2D eigenvalue weighted by Gasteiger charge is 2.27. The zero-order chi connectivity index (χ0) is 17.1. The molecular weight excluding hydrogens is 290 g/mol. The van der Waals surface area contributed by atoms with Gasteiger partial charge in [0, 0.05) is 28.9 Å². The summed E-state index contributed by atoms with van der Waals surface area (Å²) in [5.74, 6) is 1.25. The maximum absolute atomic E-state index is 9.95. The number of aliphatic hydroxyl groups excluding tert-OH is 1. The third-order valence-corrected chi connectivity index (χ3v) is 4.21. The van der Waals surface area contributed by atoms with E-state index in [-0.39, 0.29) is 12.1 Å². The van der Waals surface area contributed by atoms with Gasteiger partial charge in [0.15, 0.2) is 0 Å². The van der Waals surface area contributed by atoms with E-state index in [0.29, 0.717) is 29.3 Å². The Bertz CT molecular complexity index is 707. The van der Waals surface area contributed by atoms with E-state index in [0.717, 1.165) is 30.3 Å². The average molecular weight is 317 g/mol. The van der Waals surface area contributed by atoms with Crippen LogP contribution >= 0.6 is 0 Å². The zero-order valence-corrected chi connectivity index (χ0v) is 14.2. The second-order valence-corrected chi connectivity index (χ2v) is 5.78. The minimum absolute atomic E-state index is 0.138. The summed E-state index contributed by atoms with van der Waals surface area (Å²) < 4.78 is 2.00. The Kier molecular flexibility index (Phi) is 5.26. The van der Waals surface area contributed by atoms with Crippen molar-refractivity contribution < 1.29 is 5.11 Å². The van der Waals surface area contributed by atoms with E-state index in [2.05, 4.69) is 16.5 Å². The molecule has 0 aromatic carbocycles. The molecule has 1 saturated carbocycles. The summed E-state index contributed by atoms with van der Waals surface area (Å²) in [6.45, 7) is 9.66. The number of anilines is 1. The van der Waals surface area contributed by atoms with E-state index >= 15 is 0 Å². The molecule has 2 aromatic rings. The molecule has 0 spiro atoms. The van der Waals surface area contributed by atoms with E-state index < -0.39 is 0 Å². The summed E-state index contributed by atoms with van der Waals surface area (Å²) in [5.41, 5.74) is 14.1. The van der Waals surface area contributed by atoms with Crippen molar-refractivity contribution in [3.63, 3.8) is 0 Å². The van der Waals surface area contributed by atoms with Gasteiger partial charge in [0.05, 0.1) is 6.10 Å². The van der Waals surface area contributed by atoms with Gasteiger partial charge in [-0.15, -0.1) is 0 Å². The molecule has 0 saturated heterocycles. The first-order valence-corrected chi connectivity index (χ1v) is 8.25. The molecule has 2 heterocycles. The molecule has 0 bridgehead atoms. The highest BCUT2D eigenvalue weighted by Crippen LogP contribution is 2.38. The van der Waals surface area contributed by atoms with Crippen LogP contribution in [0.5, 0.6) is 0 Å². The minimum Gasteiger partial charge on any atom is -0.399 e. The molecular formula is C17H27N5O. The first kappa shape index (κ1) is 17.3. The van der Waals surface area contributed by atoms with E-state index in [1.807, 2.05) is 25.3 Å². The summed E-state index contributed by atoms with van der Waals surface area (Å²) >= 11 is 0. The molecule has 0 aliphatic heterocycles. The van der Waals surface area contributed by atoms with Crippen LogP contribution in [0.3, 0.4) is 0 Å². The Hall–Kier alpha value is -2.08. The lowest BCUT2D eigenvalue weighted by Crippen LogP contribution is -2.23. The van der Waals surface area contributed by atoms with Gasteiger partial charge in [-0.05, 0) is 32.6 Å². The van der Waals surface area contributed by atoms with E-state index in [1.54, 1.807) is 6.20 Å². The van der Waals surface area contributed by atoms with Crippen LogP contribution in [-0.4, -0.2) is 25.7 Å². The van der Waals surface area contributed by atoms with E-state index in [4.69, 9.17) is 11.5 Å². The van der Waals surface area contributed by atoms with Crippen LogP contribution in [0.4, 0.5) is 5.82 Å². The van der Waals surface area contributed by atoms with Crippen molar-refractivity contribution in [2.45, 2.75) is 58.6 Å². The predicted octanol–water partition coefficient (Wildman–Crippen LogP) is 2.75. The SMILES string of the molecule is C=C(N)c1c(N)n(C2CCCC(O)C2)c2nc(C)ncc12.CC. The summed E-state index contributed by atoms with van der Waals surface area (Å²) in [4.78, 5) is 8.77. The second kappa shape index (κ2) is 7.00. The van der Waals surface area contributed by atoms with Gasteiger partial charge < -0.3 is 21.1 Å². The number of hydrogen-bond acceptors (Lipinski definition) is 5. The van der Waals surface area contributed by atoms with Crippen LogP contribution < -0.4 is 11.5 Å². The molecule has 2 unspecified atom stereocenters. The minimum atomic E-state index is -0.284. The van der Waals surface area contributed by atoms with Gasteiger partial charge in [0.1, 0.15) is 17.3 Å². The predicted molar refractivity (Wildman–Crippen MR) is 94.8 cm³/mol. The van der Waals surface area contributed by atoms with Crippen LogP contribution in [0.2, 0.25) is 0 Å². The molecule has 23 heavy (non-hydrogen) atoms. The smallest absolute Gasteiger partial charge is 0.146 e. The molecule has 6 nitrogen and oxygen atoms in total. The van der Waals surface area contributed by atoms with Crippen LogP contribution in [-0.2, 0) is 0 Å². The summed E-state index contributed by atoms with van der Waals surface area (Å²) in [6, 6.07) is 0.138. The van der Waals surface area contributed by atoms with Gasteiger partial charge in [-0.3, -0.25) is 0 Å². The molecule has 2 aromatic heterocycles. The van der Waals surface area contributed by atoms with Crippen molar-refractivity contribution in [1.29, 1.82) is 0 Å². The van der Waals surface area contributed by atoms with Crippen LogP contribution in [0.1, 0.15) is 57.0 Å². The lowest BCUT2D eigenvalue weighted by Gasteiger charge is -2.28. The number of fused-ring (bicyclic) bond motifs is 1. The topological polar surface area (TPSA) is 103 Å². The second-order valence-electron chi connectivity index (χ2n) is 5.78. The number of nitrogens with two attached hydrogens (primary N) is 2. The number of nitrogen functional groups attached to an aromatic ring is 1. The Labute approximate surface area is 137 Å².